The Morgan fingerprint density at radius 2 is 2.17 bits per heavy atom. The third kappa shape index (κ3) is 1.36. The molecular weight excluding hydrogens is 168 g/mol. The Labute approximate surface area is 76.3 Å². The van der Waals surface area contributed by atoms with E-state index >= 15 is 0 Å². The average molecular weight is 176 g/mol. The molecular formula is C9H8N2S. The predicted molar refractivity (Wildman–Crippen MR) is 53.5 cm³/mol. The minimum absolute atomic E-state index is 0.774. The van der Waals surface area contributed by atoms with Crippen molar-refractivity contribution in [2.45, 2.75) is 6.42 Å². The minimum Gasteiger partial charge on any atom is -0.271 e. The molecule has 0 fully saturated rings. The fraction of sp³-hybridized carbons (Fsp3) is 0.111. The molecule has 0 saturated heterocycles. The van der Waals surface area contributed by atoms with Crippen molar-refractivity contribution >= 4 is 23.4 Å². The molecule has 0 radical (unpaired) electrons. The highest BCUT2D eigenvalue weighted by atomic mass is 32.1. The number of benzene rings is 1. The Balaban J connectivity index is 2.48. The van der Waals surface area contributed by atoms with Crippen LogP contribution in [-0.2, 0) is 6.42 Å². The van der Waals surface area contributed by atoms with Crippen LogP contribution >= 0.6 is 12.2 Å². The van der Waals surface area contributed by atoms with Crippen LogP contribution in [0.2, 0.25) is 0 Å². The molecule has 0 atom stereocenters. The van der Waals surface area contributed by atoms with Crippen LogP contribution in [0.4, 0.5) is 0 Å². The Hall–Kier alpha value is -1.22. The van der Waals surface area contributed by atoms with Crippen LogP contribution in [-0.4, -0.2) is 11.2 Å². The maximum atomic E-state index is 5.04. The number of thiocarbonyl (C=S) groups is 1. The van der Waals surface area contributed by atoms with E-state index in [1.54, 1.807) is 6.21 Å². The number of fused-ring (bicyclic) bond motifs is 1. The fourth-order valence-electron chi connectivity index (χ4n) is 1.21. The number of hydrogen-bond donors (Lipinski definition) is 1. The van der Waals surface area contributed by atoms with Gasteiger partial charge in [-0.2, -0.15) is 5.10 Å². The summed E-state index contributed by atoms with van der Waals surface area (Å²) >= 11 is 5.04. The number of nitrogens with one attached hydrogen (secondary N) is 1. The predicted octanol–water partition coefficient (Wildman–Crippen LogP) is 1.49. The van der Waals surface area contributed by atoms with Gasteiger partial charge in [0.05, 0.1) is 6.21 Å². The van der Waals surface area contributed by atoms with Gasteiger partial charge in [-0.05, 0) is 11.1 Å². The van der Waals surface area contributed by atoms with Crippen molar-refractivity contribution in [2.24, 2.45) is 5.10 Å². The summed E-state index contributed by atoms with van der Waals surface area (Å²) in [5.74, 6) is 0. The number of hydrazone groups is 1. The fourth-order valence-corrected chi connectivity index (χ4v) is 1.42. The number of hydrogen-bond acceptors (Lipinski definition) is 2. The summed E-state index contributed by atoms with van der Waals surface area (Å²) in [6.45, 7) is 0. The summed E-state index contributed by atoms with van der Waals surface area (Å²) in [4.78, 5) is 0.774. The van der Waals surface area contributed by atoms with Crippen molar-refractivity contribution in [2.75, 3.05) is 0 Å². The minimum atomic E-state index is 0.774. The molecule has 2 rings (SSSR count). The van der Waals surface area contributed by atoms with Gasteiger partial charge in [0.15, 0.2) is 0 Å². The molecule has 1 N–H and O–H groups in total. The van der Waals surface area contributed by atoms with Crippen molar-refractivity contribution in [1.29, 1.82) is 0 Å². The Morgan fingerprint density at radius 1 is 1.33 bits per heavy atom. The van der Waals surface area contributed by atoms with E-state index in [9.17, 15) is 0 Å². The van der Waals surface area contributed by atoms with Crippen LogP contribution in [0.5, 0.6) is 0 Å². The Morgan fingerprint density at radius 3 is 3.08 bits per heavy atom. The van der Waals surface area contributed by atoms with Gasteiger partial charge in [-0.1, -0.05) is 36.5 Å². The quantitative estimate of drug-likeness (QED) is 0.606. The molecule has 0 bridgehead atoms. The van der Waals surface area contributed by atoms with Crippen molar-refractivity contribution < 1.29 is 0 Å². The van der Waals surface area contributed by atoms with E-state index in [1.165, 1.54) is 5.56 Å². The number of rotatable bonds is 0. The third-order valence-corrected chi connectivity index (χ3v) is 2.03. The van der Waals surface area contributed by atoms with E-state index in [4.69, 9.17) is 12.2 Å². The molecule has 1 aromatic carbocycles. The van der Waals surface area contributed by atoms with Crippen molar-refractivity contribution in [3.63, 3.8) is 0 Å². The normalized spacial score (nSPS) is 14.8. The SMILES string of the molecule is S=C1Cc2ccccc2C=NN1. The molecule has 0 aromatic heterocycles. The lowest BCUT2D eigenvalue weighted by Crippen LogP contribution is -2.15. The molecule has 1 aromatic rings. The molecule has 12 heavy (non-hydrogen) atoms. The van der Waals surface area contributed by atoms with Crippen molar-refractivity contribution in [1.82, 2.24) is 5.43 Å². The zero-order chi connectivity index (χ0) is 8.39. The standard InChI is InChI=1S/C9H8N2S/c12-9-5-7-3-1-2-4-8(7)6-10-11-9/h1-4,6H,5H2,(H,11,12). The van der Waals surface area contributed by atoms with E-state index in [0.29, 0.717) is 0 Å². The van der Waals surface area contributed by atoms with Gasteiger partial charge in [0, 0.05) is 6.42 Å². The highest BCUT2D eigenvalue weighted by Gasteiger charge is 2.05. The first-order valence-corrected chi connectivity index (χ1v) is 4.17. The topological polar surface area (TPSA) is 24.4 Å². The molecule has 1 heterocycles. The van der Waals surface area contributed by atoms with Gasteiger partial charge < -0.3 is 0 Å². The monoisotopic (exact) mass is 176 g/mol. The van der Waals surface area contributed by atoms with E-state index in [2.05, 4.69) is 16.6 Å². The Bertz CT molecular complexity index is 344. The highest BCUT2D eigenvalue weighted by Crippen LogP contribution is 2.09. The third-order valence-electron chi connectivity index (χ3n) is 1.80. The van der Waals surface area contributed by atoms with Crippen molar-refractivity contribution in [3.05, 3.63) is 35.4 Å². The second-order valence-electron chi connectivity index (χ2n) is 2.67. The van der Waals surface area contributed by atoms with Gasteiger partial charge in [0.1, 0.15) is 4.99 Å². The molecule has 0 spiro atoms. The van der Waals surface area contributed by atoms with Gasteiger partial charge in [-0.3, -0.25) is 5.43 Å². The van der Waals surface area contributed by atoms with E-state index < -0.39 is 0 Å². The first-order valence-electron chi connectivity index (χ1n) is 3.76. The van der Waals surface area contributed by atoms with Crippen LogP contribution in [0.15, 0.2) is 29.4 Å². The van der Waals surface area contributed by atoms with E-state index in [0.717, 1.165) is 17.0 Å². The molecule has 1 aliphatic rings. The summed E-state index contributed by atoms with van der Waals surface area (Å²) in [6, 6.07) is 8.12. The largest absolute Gasteiger partial charge is 0.271 e. The first-order chi connectivity index (χ1) is 5.86. The van der Waals surface area contributed by atoms with Gasteiger partial charge >= 0.3 is 0 Å². The zero-order valence-corrected chi connectivity index (χ0v) is 7.27. The second-order valence-corrected chi connectivity index (χ2v) is 3.16. The van der Waals surface area contributed by atoms with E-state index in [-0.39, 0.29) is 0 Å². The van der Waals surface area contributed by atoms with Gasteiger partial charge in [-0.25, -0.2) is 0 Å². The average Bonchev–Trinajstić information content (AvgIpc) is 2.25. The summed E-state index contributed by atoms with van der Waals surface area (Å²) in [5, 5.41) is 3.98. The van der Waals surface area contributed by atoms with Crippen LogP contribution in [0.1, 0.15) is 11.1 Å². The Kier molecular flexibility index (Phi) is 1.87. The summed E-state index contributed by atoms with van der Waals surface area (Å²) < 4.78 is 0. The van der Waals surface area contributed by atoms with Crippen LogP contribution in [0.3, 0.4) is 0 Å². The molecule has 3 heteroatoms. The van der Waals surface area contributed by atoms with Crippen LogP contribution in [0, 0.1) is 0 Å². The lowest BCUT2D eigenvalue weighted by Gasteiger charge is -2.00. The van der Waals surface area contributed by atoms with Crippen molar-refractivity contribution in [3.8, 4) is 0 Å². The molecule has 0 aliphatic carbocycles. The number of nitrogens with zero attached hydrogens (tertiary/aromatic N) is 1. The first kappa shape index (κ1) is 7.43. The van der Waals surface area contributed by atoms with Gasteiger partial charge in [-0.15, -0.1) is 0 Å². The molecule has 1 aliphatic heterocycles. The maximum Gasteiger partial charge on any atom is 0.101 e. The summed E-state index contributed by atoms with van der Waals surface area (Å²) in [5.41, 5.74) is 5.17. The lowest BCUT2D eigenvalue weighted by atomic mass is 10.1. The molecule has 60 valence electrons. The van der Waals surface area contributed by atoms with Gasteiger partial charge in [0.25, 0.3) is 0 Å². The molecule has 0 saturated carbocycles. The summed E-state index contributed by atoms with van der Waals surface area (Å²) in [7, 11) is 0. The molecule has 0 amide bonds. The molecule has 2 nitrogen and oxygen atoms in total. The van der Waals surface area contributed by atoms with Gasteiger partial charge in [0.2, 0.25) is 0 Å². The zero-order valence-electron chi connectivity index (χ0n) is 6.45. The second kappa shape index (κ2) is 3.03. The molecule has 0 unspecified atom stereocenters. The lowest BCUT2D eigenvalue weighted by molar-refractivity contribution is 1.04. The summed E-state index contributed by atoms with van der Waals surface area (Å²) in [6.07, 6.45) is 2.58. The smallest absolute Gasteiger partial charge is 0.101 e. The van der Waals surface area contributed by atoms with Crippen LogP contribution in [0.25, 0.3) is 0 Å². The maximum absolute atomic E-state index is 5.04. The van der Waals surface area contributed by atoms with E-state index in [1.807, 2.05) is 18.2 Å². The highest BCUT2D eigenvalue weighted by molar-refractivity contribution is 7.80. The van der Waals surface area contributed by atoms with Crippen LogP contribution < -0.4 is 5.43 Å².